The molecule has 0 unspecified atom stereocenters. The van der Waals surface area contributed by atoms with Gasteiger partial charge in [-0.2, -0.15) is 0 Å². The molecule has 0 aliphatic rings. The normalized spacial score (nSPS) is 10.7. The Hall–Kier alpha value is -2.74. The number of halogens is 1. The summed E-state index contributed by atoms with van der Waals surface area (Å²) in [5.74, 6) is 8.50. The molecule has 2 N–H and O–H groups in total. The molecule has 27 heavy (non-hydrogen) atoms. The first-order valence-electron chi connectivity index (χ1n) is 8.62. The van der Waals surface area contributed by atoms with Gasteiger partial charge in [0.15, 0.2) is 5.82 Å². The van der Waals surface area contributed by atoms with Gasteiger partial charge in [0.2, 0.25) is 5.16 Å². The van der Waals surface area contributed by atoms with Crippen LogP contribution in [0.15, 0.2) is 53.7 Å². The van der Waals surface area contributed by atoms with E-state index in [4.69, 9.17) is 15.3 Å². The van der Waals surface area contributed by atoms with Gasteiger partial charge in [0, 0.05) is 11.3 Å². The van der Waals surface area contributed by atoms with E-state index in [2.05, 4.69) is 17.1 Å². The van der Waals surface area contributed by atoms with Crippen LogP contribution >= 0.6 is 11.8 Å². The number of nitrogen functional groups attached to an aromatic ring is 1. The smallest absolute Gasteiger partial charge is 0.210 e. The Bertz CT molecular complexity index is 853. The molecule has 6 nitrogen and oxygen atoms in total. The molecule has 8 heteroatoms. The predicted octanol–water partition coefficient (Wildman–Crippen LogP) is 3.76. The third kappa shape index (κ3) is 5.13. The molecule has 0 radical (unpaired) electrons. The third-order valence-corrected chi connectivity index (χ3v) is 4.55. The quantitative estimate of drug-likeness (QED) is 0.342. The average molecular weight is 388 g/mol. The second-order valence-electron chi connectivity index (χ2n) is 5.70. The highest BCUT2D eigenvalue weighted by atomic mass is 32.2. The molecule has 0 fully saturated rings. The maximum absolute atomic E-state index is 13.0. The summed E-state index contributed by atoms with van der Waals surface area (Å²) in [6.07, 6.45) is 0.976. The molecule has 0 bridgehead atoms. The van der Waals surface area contributed by atoms with Crippen molar-refractivity contribution in [3.63, 3.8) is 0 Å². The summed E-state index contributed by atoms with van der Waals surface area (Å²) >= 11 is 1.44. The number of hydrogen-bond acceptors (Lipinski definition) is 6. The van der Waals surface area contributed by atoms with E-state index < -0.39 is 0 Å². The second kappa shape index (κ2) is 9.27. The minimum Gasteiger partial charge on any atom is -0.494 e. The standard InChI is InChI=1S/C19H21FN4O2S/c1-2-11-25-16-7-9-17(10-8-16)26-12-13-27-19-23-22-18(24(19)21)14-3-5-15(20)6-4-14/h3-10H,2,11-13,21H2,1H3. The fraction of sp³-hybridized carbons (Fsp3) is 0.263. The lowest BCUT2D eigenvalue weighted by Gasteiger charge is -2.08. The summed E-state index contributed by atoms with van der Waals surface area (Å²) in [6.45, 7) is 3.27. The molecular weight excluding hydrogens is 367 g/mol. The van der Waals surface area contributed by atoms with Crippen LogP contribution in [0.25, 0.3) is 11.4 Å². The van der Waals surface area contributed by atoms with Crippen LogP contribution in [0.1, 0.15) is 13.3 Å². The molecule has 3 aromatic rings. The van der Waals surface area contributed by atoms with Crippen LogP contribution in [0.3, 0.4) is 0 Å². The fourth-order valence-corrected chi connectivity index (χ4v) is 2.99. The number of benzene rings is 2. The number of thioether (sulfide) groups is 1. The predicted molar refractivity (Wildman–Crippen MR) is 104 cm³/mol. The Morgan fingerprint density at radius 1 is 0.963 bits per heavy atom. The molecule has 142 valence electrons. The fourth-order valence-electron chi connectivity index (χ4n) is 2.32. The summed E-state index contributed by atoms with van der Waals surface area (Å²) in [5.41, 5.74) is 0.708. The Labute approximate surface area is 161 Å². The largest absolute Gasteiger partial charge is 0.494 e. The highest BCUT2D eigenvalue weighted by Gasteiger charge is 2.12. The minimum absolute atomic E-state index is 0.307. The lowest BCUT2D eigenvalue weighted by Crippen LogP contribution is -2.12. The van der Waals surface area contributed by atoms with E-state index in [1.54, 1.807) is 12.1 Å². The van der Waals surface area contributed by atoms with Crippen molar-refractivity contribution < 1.29 is 13.9 Å². The summed E-state index contributed by atoms with van der Waals surface area (Å²) in [4.78, 5) is 0. The Morgan fingerprint density at radius 2 is 1.59 bits per heavy atom. The number of ether oxygens (including phenoxy) is 2. The van der Waals surface area contributed by atoms with Crippen molar-refractivity contribution in [1.29, 1.82) is 0 Å². The molecular formula is C19H21FN4O2S. The van der Waals surface area contributed by atoms with E-state index in [1.165, 1.54) is 28.6 Å². The molecule has 0 spiro atoms. The van der Waals surface area contributed by atoms with Crippen LogP contribution in [0.2, 0.25) is 0 Å². The van der Waals surface area contributed by atoms with E-state index in [0.29, 0.717) is 35.5 Å². The van der Waals surface area contributed by atoms with Crippen molar-refractivity contribution in [2.45, 2.75) is 18.5 Å². The maximum atomic E-state index is 13.0. The van der Waals surface area contributed by atoms with Crippen molar-refractivity contribution in [2.75, 3.05) is 24.8 Å². The van der Waals surface area contributed by atoms with Gasteiger partial charge in [-0.3, -0.25) is 0 Å². The van der Waals surface area contributed by atoms with E-state index >= 15 is 0 Å². The lowest BCUT2D eigenvalue weighted by molar-refractivity contribution is 0.314. The molecule has 2 aromatic carbocycles. The van der Waals surface area contributed by atoms with Gasteiger partial charge in [-0.25, -0.2) is 9.07 Å². The first-order chi connectivity index (χ1) is 13.2. The summed E-state index contributed by atoms with van der Waals surface area (Å²) in [5, 5.41) is 8.73. The van der Waals surface area contributed by atoms with Crippen molar-refractivity contribution in [1.82, 2.24) is 14.9 Å². The lowest BCUT2D eigenvalue weighted by atomic mass is 10.2. The van der Waals surface area contributed by atoms with Gasteiger partial charge >= 0.3 is 0 Å². The van der Waals surface area contributed by atoms with Crippen LogP contribution < -0.4 is 15.3 Å². The Morgan fingerprint density at radius 3 is 2.22 bits per heavy atom. The SMILES string of the molecule is CCCOc1ccc(OCCSc2nnc(-c3ccc(F)cc3)n2N)cc1. The van der Waals surface area contributed by atoms with E-state index in [0.717, 1.165) is 17.9 Å². The molecule has 0 aliphatic carbocycles. The van der Waals surface area contributed by atoms with Crippen LogP contribution in [0.4, 0.5) is 4.39 Å². The summed E-state index contributed by atoms with van der Waals surface area (Å²) in [6, 6.07) is 13.5. The molecule has 1 heterocycles. The van der Waals surface area contributed by atoms with Gasteiger partial charge in [0.1, 0.15) is 17.3 Å². The van der Waals surface area contributed by atoms with Crippen molar-refractivity contribution in [3.05, 3.63) is 54.3 Å². The van der Waals surface area contributed by atoms with Crippen molar-refractivity contribution >= 4 is 11.8 Å². The third-order valence-electron chi connectivity index (χ3n) is 3.65. The van der Waals surface area contributed by atoms with Crippen LogP contribution in [0, 0.1) is 5.82 Å². The van der Waals surface area contributed by atoms with Crippen LogP contribution in [-0.2, 0) is 0 Å². The zero-order chi connectivity index (χ0) is 19.1. The van der Waals surface area contributed by atoms with Gasteiger partial charge in [0.05, 0.1) is 13.2 Å². The molecule has 0 saturated heterocycles. The second-order valence-corrected chi connectivity index (χ2v) is 6.76. The van der Waals surface area contributed by atoms with Crippen molar-refractivity contribution in [3.8, 4) is 22.9 Å². The average Bonchev–Trinajstić information content (AvgIpc) is 3.05. The summed E-state index contributed by atoms with van der Waals surface area (Å²) < 4.78 is 25.7. The molecule has 0 atom stereocenters. The Balaban J connectivity index is 1.49. The first-order valence-corrected chi connectivity index (χ1v) is 9.61. The molecule has 0 saturated carbocycles. The van der Waals surface area contributed by atoms with Crippen LogP contribution in [-0.4, -0.2) is 33.8 Å². The van der Waals surface area contributed by atoms with Gasteiger partial charge in [-0.15, -0.1) is 10.2 Å². The number of aromatic nitrogens is 3. The summed E-state index contributed by atoms with van der Waals surface area (Å²) in [7, 11) is 0. The van der Waals surface area contributed by atoms with Crippen molar-refractivity contribution in [2.24, 2.45) is 0 Å². The zero-order valence-electron chi connectivity index (χ0n) is 15.0. The minimum atomic E-state index is -0.307. The number of hydrogen-bond donors (Lipinski definition) is 1. The Kier molecular flexibility index (Phi) is 6.54. The molecule has 3 rings (SSSR count). The number of rotatable bonds is 9. The number of nitrogens with zero attached hydrogens (tertiary/aromatic N) is 3. The van der Waals surface area contributed by atoms with E-state index in [-0.39, 0.29) is 5.82 Å². The monoisotopic (exact) mass is 388 g/mol. The van der Waals surface area contributed by atoms with Gasteiger partial charge in [0.25, 0.3) is 0 Å². The maximum Gasteiger partial charge on any atom is 0.210 e. The number of nitrogens with two attached hydrogens (primary N) is 1. The highest BCUT2D eigenvalue weighted by molar-refractivity contribution is 7.99. The van der Waals surface area contributed by atoms with Gasteiger partial charge in [-0.1, -0.05) is 18.7 Å². The van der Waals surface area contributed by atoms with Crippen LogP contribution in [0.5, 0.6) is 11.5 Å². The molecule has 0 aliphatic heterocycles. The first kappa shape index (κ1) is 19.0. The molecule has 0 amide bonds. The van der Waals surface area contributed by atoms with E-state index in [1.807, 2.05) is 24.3 Å². The highest BCUT2D eigenvalue weighted by Crippen LogP contribution is 2.22. The zero-order valence-corrected chi connectivity index (χ0v) is 15.8. The molecule has 1 aromatic heterocycles. The topological polar surface area (TPSA) is 75.2 Å². The van der Waals surface area contributed by atoms with Gasteiger partial charge in [-0.05, 0) is 55.0 Å². The van der Waals surface area contributed by atoms with Gasteiger partial charge < -0.3 is 15.3 Å². The van der Waals surface area contributed by atoms with E-state index in [9.17, 15) is 4.39 Å².